The van der Waals surface area contributed by atoms with Gasteiger partial charge < -0.3 is 14.6 Å². The lowest BCUT2D eigenvalue weighted by Gasteiger charge is -2.16. The van der Waals surface area contributed by atoms with Gasteiger partial charge >= 0.3 is 0 Å². The molecule has 0 fully saturated rings. The van der Waals surface area contributed by atoms with Crippen LogP contribution in [0.1, 0.15) is 48.2 Å². The van der Waals surface area contributed by atoms with E-state index >= 15 is 0 Å². The number of amides is 1. The van der Waals surface area contributed by atoms with Crippen molar-refractivity contribution in [1.82, 2.24) is 14.9 Å². The molecule has 1 aromatic heterocycles. The molecule has 0 bridgehead atoms. The first-order valence-electron chi connectivity index (χ1n) is 10.4. The molecular formula is C25H27N3O2. The average Bonchev–Trinajstić information content (AvgIpc) is 3.38. The zero-order chi connectivity index (χ0) is 21.1. The van der Waals surface area contributed by atoms with Crippen molar-refractivity contribution in [2.75, 3.05) is 7.11 Å². The fourth-order valence-corrected chi connectivity index (χ4v) is 4.04. The van der Waals surface area contributed by atoms with Crippen molar-refractivity contribution in [3.05, 3.63) is 82.9 Å². The molecule has 1 atom stereocenters. The lowest BCUT2D eigenvalue weighted by atomic mass is 10.0. The highest BCUT2D eigenvalue weighted by atomic mass is 16.5. The summed E-state index contributed by atoms with van der Waals surface area (Å²) in [7, 11) is 1.65. The molecule has 0 aliphatic heterocycles. The second-order valence-corrected chi connectivity index (χ2v) is 7.64. The lowest BCUT2D eigenvalue weighted by molar-refractivity contribution is -0.118. The van der Waals surface area contributed by atoms with Crippen molar-refractivity contribution in [2.45, 2.75) is 39.2 Å². The number of aryl methyl sites for hydroxylation is 2. The summed E-state index contributed by atoms with van der Waals surface area (Å²) in [5, 5.41) is 3.22. The van der Waals surface area contributed by atoms with Crippen LogP contribution in [-0.4, -0.2) is 22.6 Å². The Bertz CT molecular complexity index is 1100. The summed E-state index contributed by atoms with van der Waals surface area (Å²) in [6.45, 7) is 3.96. The number of fused-ring (bicyclic) bond motifs is 1. The van der Waals surface area contributed by atoms with E-state index < -0.39 is 0 Å². The minimum absolute atomic E-state index is 0.00696. The molecule has 5 nitrogen and oxygen atoms in total. The van der Waals surface area contributed by atoms with E-state index in [9.17, 15) is 4.79 Å². The maximum atomic E-state index is 13.0. The number of benzene rings is 2. The van der Waals surface area contributed by atoms with Crippen LogP contribution in [0.15, 0.2) is 60.6 Å². The smallest absolute Gasteiger partial charge is 0.247 e. The van der Waals surface area contributed by atoms with Gasteiger partial charge in [0.1, 0.15) is 5.75 Å². The molecule has 4 rings (SSSR count). The number of aromatic nitrogens is 2. The van der Waals surface area contributed by atoms with Crippen LogP contribution in [0.2, 0.25) is 0 Å². The Balaban J connectivity index is 1.55. The maximum absolute atomic E-state index is 13.0. The molecule has 30 heavy (non-hydrogen) atoms. The number of carbonyl (C=O) groups is 1. The summed E-state index contributed by atoms with van der Waals surface area (Å²) in [6.07, 6.45) is 8.30. The van der Waals surface area contributed by atoms with E-state index in [0.29, 0.717) is 6.42 Å². The van der Waals surface area contributed by atoms with Crippen molar-refractivity contribution in [1.29, 1.82) is 0 Å². The van der Waals surface area contributed by atoms with Gasteiger partial charge in [0.05, 0.1) is 30.9 Å². The van der Waals surface area contributed by atoms with Crippen molar-refractivity contribution in [3.63, 3.8) is 0 Å². The van der Waals surface area contributed by atoms with E-state index in [1.807, 2.05) is 55.0 Å². The van der Waals surface area contributed by atoms with Crippen molar-refractivity contribution in [2.24, 2.45) is 0 Å². The molecule has 1 unspecified atom stereocenters. The van der Waals surface area contributed by atoms with Gasteiger partial charge in [0, 0.05) is 11.8 Å². The number of ether oxygens (including phenoxy) is 1. The third-order valence-electron chi connectivity index (χ3n) is 5.65. The van der Waals surface area contributed by atoms with Gasteiger partial charge in [-0.1, -0.05) is 37.3 Å². The molecule has 0 spiro atoms. The Labute approximate surface area is 177 Å². The molecule has 1 amide bonds. The second-order valence-electron chi connectivity index (χ2n) is 7.64. The van der Waals surface area contributed by atoms with Crippen molar-refractivity contribution in [3.8, 4) is 11.4 Å². The predicted molar refractivity (Wildman–Crippen MR) is 119 cm³/mol. The van der Waals surface area contributed by atoms with Gasteiger partial charge in [0.15, 0.2) is 0 Å². The number of imidazole rings is 1. The fraction of sp³-hybridized carbons (Fsp3) is 0.280. The number of nitrogens with one attached hydrogen (secondary N) is 1. The normalized spacial score (nSPS) is 15.7. The summed E-state index contributed by atoms with van der Waals surface area (Å²) >= 11 is 0. The number of hydrogen-bond donors (Lipinski definition) is 1. The highest BCUT2D eigenvalue weighted by molar-refractivity contribution is 5.98. The zero-order valence-corrected chi connectivity index (χ0v) is 17.7. The molecule has 5 heteroatoms. The maximum Gasteiger partial charge on any atom is 0.247 e. The highest BCUT2D eigenvalue weighted by Gasteiger charge is 2.24. The first-order valence-corrected chi connectivity index (χ1v) is 10.4. The van der Waals surface area contributed by atoms with Gasteiger partial charge in [-0.3, -0.25) is 4.79 Å². The van der Waals surface area contributed by atoms with Crippen LogP contribution in [0.5, 0.6) is 5.75 Å². The SMILES string of the molecule is CCC(=Cc1ccc(-n2cnc(C)c2)c(OC)c1)C(=O)NC1CCc2ccccc21. The first-order chi connectivity index (χ1) is 14.6. The minimum Gasteiger partial charge on any atom is -0.495 e. The third-order valence-corrected chi connectivity index (χ3v) is 5.65. The minimum atomic E-state index is -0.00696. The third kappa shape index (κ3) is 4.01. The van der Waals surface area contributed by atoms with Crippen LogP contribution < -0.4 is 10.1 Å². The van der Waals surface area contributed by atoms with Gasteiger partial charge in [-0.05, 0) is 61.1 Å². The fourth-order valence-electron chi connectivity index (χ4n) is 4.04. The number of rotatable bonds is 6. The summed E-state index contributed by atoms with van der Waals surface area (Å²) in [6, 6.07) is 14.4. The topological polar surface area (TPSA) is 56.2 Å². The summed E-state index contributed by atoms with van der Waals surface area (Å²) in [4.78, 5) is 17.3. The van der Waals surface area contributed by atoms with E-state index in [4.69, 9.17) is 4.74 Å². The van der Waals surface area contributed by atoms with Crippen LogP contribution in [0.3, 0.4) is 0 Å². The second kappa shape index (κ2) is 8.57. The van der Waals surface area contributed by atoms with Gasteiger partial charge in [0.25, 0.3) is 0 Å². The van der Waals surface area contributed by atoms with Crippen molar-refractivity contribution < 1.29 is 9.53 Å². The van der Waals surface area contributed by atoms with Crippen LogP contribution in [0, 0.1) is 6.92 Å². The monoisotopic (exact) mass is 401 g/mol. The van der Waals surface area contributed by atoms with Crippen LogP contribution >= 0.6 is 0 Å². The molecule has 2 aromatic carbocycles. The number of carbonyl (C=O) groups excluding carboxylic acids is 1. The van der Waals surface area contributed by atoms with Crippen molar-refractivity contribution >= 4 is 12.0 Å². The van der Waals surface area contributed by atoms with Crippen LogP contribution in [-0.2, 0) is 11.2 Å². The number of methoxy groups -OCH3 is 1. The first kappa shape index (κ1) is 20.0. The van der Waals surface area contributed by atoms with Gasteiger partial charge in [-0.2, -0.15) is 0 Å². The summed E-state index contributed by atoms with van der Waals surface area (Å²) in [5.74, 6) is 0.731. The Morgan fingerprint density at radius 3 is 2.87 bits per heavy atom. The lowest BCUT2D eigenvalue weighted by Crippen LogP contribution is -2.28. The summed E-state index contributed by atoms with van der Waals surface area (Å²) in [5.41, 5.74) is 6.13. The molecule has 3 aromatic rings. The molecule has 1 aliphatic carbocycles. The molecule has 0 saturated carbocycles. The Kier molecular flexibility index (Phi) is 5.70. The quantitative estimate of drug-likeness (QED) is 0.605. The molecule has 1 aliphatic rings. The largest absolute Gasteiger partial charge is 0.495 e. The zero-order valence-electron chi connectivity index (χ0n) is 17.7. The molecule has 0 radical (unpaired) electrons. The molecule has 1 heterocycles. The van der Waals surface area contributed by atoms with E-state index in [2.05, 4.69) is 28.5 Å². The number of hydrogen-bond acceptors (Lipinski definition) is 3. The summed E-state index contributed by atoms with van der Waals surface area (Å²) < 4.78 is 7.53. The van der Waals surface area contributed by atoms with Gasteiger partial charge in [-0.15, -0.1) is 0 Å². The van der Waals surface area contributed by atoms with E-state index in [-0.39, 0.29) is 11.9 Å². The Hall–Kier alpha value is -3.34. The highest BCUT2D eigenvalue weighted by Crippen LogP contribution is 2.31. The molecular weight excluding hydrogens is 374 g/mol. The standard InChI is InChI=1S/C25H27N3O2/c1-4-19(25(29)27-22-11-10-20-7-5-6-8-21(20)22)13-18-9-12-23(24(14-18)30-3)28-15-17(2)26-16-28/h5-9,12-16,22H,4,10-11H2,1-3H3,(H,27,29). The molecule has 1 N–H and O–H groups in total. The van der Waals surface area contributed by atoms with E-state index in [1.54, 1.807) is 13.4 Å². The average molecular weight is 402 g/mol. The number of nitrogens with zero attached hydrogens (tertiary/aromatic N) is 2. The Morgan fingerprint density at radius 2 is 2.13 bits per heavy atom. The van der Waals surface area contributed by atoms with Crippen LogP contribution in [0.4, 0.5) is 0 Å². The van der Waals surface area contributed by atoms with E-state index in [0.717, 1.165) is 41.1 Å². The Morgan fingerprint density at radius 1 is 1.30 bits per heavy atom. The predicted octanol–water partition coefficient (Wildman–Crippen LogP) is 4.79. The van der Waals surface area contributed by atoms with E-state index in [1.165, 1.54) is 11.1 Å². The van der Waals surface area contributed by atoms with Gasteiger partial charge in [-0.25, -0.2) is 4.98 Å². The molecule has 0 saturated heterocycles. The molecule has 154 valence electrons. The van der Waals surface area contributed by atoms with Crippen LogP contribution in [0.25, 0.3) is 11.8 Å². The van der Waals surface area contributed by atoms with Gasteiger partial charge in [0.2, 0.25) is 5.91 Å².